The van der Waals surface area contributed by atoms with Gasteiger partial charge in [0.25, 0.3) is 0 Å². The average molecular weight is 504 g/mol. The number of alkyl halides is 3. The molecule has 0 N–H and O–H groups in total. The van der Waals surface area contributed by atoms with Crippen molar-refractivity contribution in [2.24, 2.45) is 11.8 Å². The smallest absolute Gasteiger partial charge is 0.395 e. The first kappa shape index (κ1) is 26.4. The zero-order valence-electron chi connectivity index (χ0n) is 20.5. The molecule has 0 aromatic carbocycles. The van der Waals surface area contributed by atoms with Gasteiger partial charge in [-0.3, -0.25) is 19.9 Å². The Labute approximate surface area is 198 Å². The van der Waals surface area contributed by atoms with E-state index < -0.39 is 66.1 Å². The molecule has 2 aliphatic heterocycles. The maximum Gasteiger partial charge on any atom is 0.395 e. The molecule has 2 fully saturated rings. The molecule has 0 saturated carbocycles. The molecule has 2 aliphatic rings. The number of esters is 1. The molecule has 2 saturated heterocycles. The molecule has 190 valence electrons. The Morgan fingerprint density at radius 2 is 1.85 bits per heavy atom. The molecular weight excluding hydrogens is 471 g/mol. The first-order valence-corrected chi connectivity index (χ1v) is 13.7. The van der Waals surface area contributed by atoms with Crippen LogP contribution in [0.1, 0.15) is 41.5 Å². The number of piperidine rings is 1. The van der Waals surface area contributed by atoms with Gasteiger partial charge in [-0.1, -0.05) is 20.8 Å². The van der Waals surface area contributed by atoms with Crippen LogP contribution >= 0.6 is 0 Å². The number of halogens is 3. The Morgan fingerprint density at radius 1 is 1.24 bits per heavy atom. The van der Waals surface area contributed by atoms with Gasteiger partial charge >= 0.3 is 17.8 Å². The van der Waals surface area contributed by atoms with Crippen LogP contribution in [-0.4, -0.2) is 55.2 Å². The van der Waals surface area contributed by atoms with Gasteiger partial charge in [0.2, 0.25) is 8.32 Å². The van der Waals surface area contributed by atoms with Crippen LogP contribution < -0.4 is 4.90 Å². The number of carbonyl (C=O) groups excluding carboxylic acids is 1. The van der Waals surface area contributed by atoms with E-state index in [2.05, 4.69) is 4.98 Å². The third kappa shape index (κ3) is 4.79. The lowest BCUT2D eigenvalue weighted by molar-refractivity contribution is -0.384. The Morgan fingerprint density at radius 3 is 2.35 bits per heavy atom. The number of pyridine rings is 1. The molecule has 5 atom stereocenters. The number of ether oxygens (including phenoxy) is 1. The number of hydrogen-bond donors (Lipinski definition) is 0. The third-order valence-corrected chi connectivity index (χ3v) is 12.5. The summed E-state index contributed by atoms with van der Waals surface area (Å²) in [6.07, 6.45) is -3.53. The first-order valence-electron chi connectivity index (χ1n) is 11.2. The zero-order valence-corrected chi connectivity index (χ0v) is 21.5. The maximum atomic E-state index is 14.3. The van der Waals surface area contributed by atoms with E-state index in [1.165, 1.54) is 17.2 Å². The van der Waals surface area contributed by atoms with Crippen molar-refractivity contribution in [3.05, 3.63) is 28.6 Å². The van der Waals surface area contributed by atoms with Crippen LogP contribution in [0.5, 0.6) is 0 Å². The molecule has 0 amide bonds. The van der Waals surface area contributed by atoms with E-state index in [0.717, 1.165) is 6.20 Å². The minimum Gasteiger partial charge on any atom is -0.460 e. The van der Waals surface area contributed by atoms with E-state index in [1.807, 2.05) is 20.8 Å². The van der Waals surface area contributed by atoms with E-state index in [-0.39, 0.29) is 17.9 Å². The summed E-state index contributed by atoms with van der Waals surface area (Å²) in [6, 6.07) is 1.34. The maximum absolute atomic E-state index is 14.3. The molecule has 1 aromatic rings. The highest BCUT2D eigenvalue weighted by molar-refractivity contribution is 6.80. The average Bonchev–Trinajstić information content (AvgIpc) is 2.98. The first-order chi connectivity index (χ1) is 15.4. The topological polar surface area (TPSA) is 94.8 Å². The number of aromatic nitrogens is 1. The highest BCUT2D eigenvalue weighted by Gasteiger charge is 2.68. The molecule has 12 heteroatoms. The van der Waals surface area contributed by atoms with E-state index in [0.29, 0.717) is 0 Å². The molecule has 3 rings (SSSR count). The number of nitrogens with zero attached hydrogens (tertiary/aromatic N) is 3. The van der Waals surface area contributed by atoms with Gasteiger partial charge in [0, 0.05) is 25.2 Å². The standard InChI is InChI=1S/C22H32F3N3O5Si/c1-20(2,3)32-19(29)18-13-11-27(15-8-9-26-10-16(15)28(30)31)12-14(22(23,24)25)17(13)33-34(18,7)21(4,5)6/h8-10,13-14,17-18H,11-12H2,1-7H3/t13-,14+,17+,18?,34?/m1/s1. The monoisotopic (exact) mass is 503 g/mol. The molecular formula is C22H32F3N3O5Si. The summed E-state index contributed by atoms with van der Waals surface area (Å²) >= 11 is 0. The summed E-state index contributed by atoms with van der Waals surface area (Å²) in [5.41, 5.74) is -2.04. The summed E-state index contributed by atoms with van der Waals surface area (Å²) in [5, 5.41) is 11.0. The Hall–Kier alpha value is -2.21. The lowest BCUT2D eigenvalue weighted by Crippen LogP contribution is -2.54. The molecule has 0 radical (unpaired) electrons. The molecule has 1 aromatic heterocycles. The van der Waals surface area contributed by atoms with Crippen molar-refractivity contribution in [1.82, 2.24) is 4.98 Å². The lowest BCUT2D eigenvalue weighted by atomic mass is 9.83. The van der Waals surface area contributed by atoms with Gasteiger partial charge < -0.3 is 14.1 Å². The summed E-state index contributed by atoms with van der Waals surface area (Å²) in [5.74, 6) is -3.32. The van der Waals surface area contributed by atoms with E-state index in [9.17, 15) is 28.1 Å². The number of carbonyl (C=O) groups is 1. The summed E-state index contributed by atoms with van der Waals surface area (Å²) < 4.78 is 55.0. The normalized spacial score (nSPS) is 30.1. The largest absolute Gasteiger partial charge is 0.460 e. The molecule has 2 unspecified atom stereocenters. The highest BCUT2D eigenvalue weighted by atomic mass is 28.4. The number of rotatable bonds is 3. The van der Waals surface area contributed by atoms with Gasteiger partial charge in [-0.05, 0) is 38.4 Å². The lowest BCUT2D eigenvalue weighted by Gasteiger charge is -2.42. The van der Waals surface area contributed by atoms with Crippen LogP contribution in [0, 0.1) is 22.0 Å². The van der Waals surface area contributed by atoms with Crippen LogP contribution in [0.25, 0.3) is 0 Å². The van der Waals surface area contributed by atoms with E-state index in [1.54, 1.807) is 27.3 Å². The van der Waals surface area contributed by atoms with Crippen LogP contribution in [0.15, 0.2) is 18.5 Å². The Kier molecular flexibility index (Phi) is 6.58. The summed E-state index contributed by atoms with van der Waals surface area (Å²) in [6.45, 7) is 12.1. The van der Waals surface area contributed by atoms with Gasteiger partial charge in [-0.2, -0.15) is 13.2 Å². The minimum absolute atomic E-state index is 0.00464. The molecule has 8 nitrogen and oxygen atoms in total. The van der Waals surface area contributed by atoms with Gasteiger partial charge in [0.05, 0.1) is 22.5 Å². The van der Waals surface area contributed by atoms with Gasteiger partial charge in [-0.25, -0.2) is 0 Å². The fourth-order valence-electron chi connectivity index (χ4n) is 4.98. The Balaban J connectivity index is 2.14. The van der Waals surface area contributed by atoms with Crippen LogP contribution in [0.3, 0.4) is 0 Å². The fraction of sp³-hybridized carbons (Fsp3) is 0.727. The minimum atomic E-state index is -4.63. The van der Waals surface area contributed by atoms with Gasteiger partial charge in [-0.15, -0.1) is 0 Å². The van der Waals surface area contributed by atoms with E-state index in [4.69, 9.17) is 9.16 Å². The molecule has 34 heavy (non-hydrogen) atoms. The second-order valence-electron chi connectivity index (χ2n) is 11.3. The molecule has 0 spiro atoms. The van der Waals surface area contributed by atoms with E-state index >= 15 is 0 Å². The SMILES string of the molecule is CC(C)(C)OC(=O)C1[C@@H]2CN(c3ccncc3[N+](=O)[O-])C[C@H](C(F)(F)F)[C@H]2O[Si]1(C)C(C)(C)C. The van der Waals surface area contributed by atoms with Crippen molar-refractivity contribution in [2.45, 2.75) is 76.6 Å². The number of anilines is 1. The van der Waals surface area contributed by atoms with Crippen molar-refractivity contribution in [3.63, 3.8) is 0 Å². The summed E-state index contributed by atoms with van der Waals surface area (Å²) in [7, 11) is -3.14. The fourth-order valence-corrected chi connectivity index (χ4v) is 8.94. The quantitative estimate of drug-likeness (QED) is 0.245. The number of nitro groups is 1. The number of hydrogen-bond acceptors (Lipinski definition) is 7. The van der Waals surface area contributed by atoms with Gasteiger partial charge in [0.15, 0.2) is 0 Å². The van der Waals surface area contributed by atoms with Gasteiger partial charge in [0.1, 0.15) is 17.5 Å². The second kappa shape index (κ2) is 8.47. The van der Waals surface area contributed by atoms with Crippen LogP contribution in [0.4, 0.5) is 24.5 Å². The van der Waals surface area contributed by atoms with Crippen LogP contribution in [0.2, 0.25) is 17.1 Å². The van der Waals surface area contributed by atoms with Crippen molar-refractivity contribution >= 4 is 25.7 Å². The Bertz CT molecular complexity index is 962. The predicted octanol–water partition coefficient (Wildman–Crippen LogP) is 5.09. The predicted molar refractivity (Wildman–Crippen MR) is 122 cm³/mol. The second-order valence-corrected chi connectivity index (χ2v) is 15.9. The third-order valence-electron chi connectivity index (χ3n) is 6.95. The number of fused-ring (bicyclic) bond motifs is 1. The van der Waals surface area contributed by atoms with Crippen molar-refractivity contribution in [1.29, 1.82) is 0 Å². The molecule has 0 bridgehead atoms. The van der Waals surface area contributed by atoms with Crippen molar-refractivity contribution in [3.8, 4) is 0 Å². The highest BCUT2D eigenvalue weighted by Crippen LogP contribution is 2.59. The zero-order chi connectivity index (χ0) is 25.9. The molecule has 3 heterocycles. The molecule has 0 aliphatic carbocycles. The summed E-state index contributed by atoms with van der Waals surface area (Å²) in [4.78, 5) is 29.5. The van der Waals surface area contributed by atoms with Crippen molar-refractivity contribution in [2.75, 3.05) is 18.0 Å². The van der Waals surface area contributed by atoms with Crippen molar-refractivity contribution < 1.29 is 32.1 Å². The van der Waals surface area contributed by atoms with Crippen LogP contribution in [-0.2, 0) is 14.0 Å².